The monoisotopic (exact) mass is 579 g/mol. The third-order valence-electron chi connectivity index (χ3n) is 9.38. The normalized spacial score (nSPS) is 27.9. The lowest BCUT2D eigenvalue weighted by Gasteiger charge is -2.39. The first-order chi connectivity index (χ1) is 20.1. The Labute approximate surface area is 242 Å². The van der Waals surface area contributed by atoms with Crippen LogP contribution in [-0.2, 0) is 6.42 Å². The topological polar surface area (TPSA) is 102 Å². The molecular formula is C31H35F2N5O4. The predicted molar refractivity (Wildman–Crippen MR) is 154 cm³/mol. The van der Waals surface area contributed by atoms with Crippen LogP contribution in [0.4, 0.5) is 20.3 Å². The summed E-state index contributed by atoms with van der Waals surface area (Å²) in [4.78, 5) is 29.1. The molecule has 4 aliphatic heterocycles. The molecule has 2 aromatic carbocycles. The zero-order chi connectivity index (χ0) is 29.2. The second kappa shape index (κ2) is 10.0. The van der Waals surface area contributed by atoms with Crippen molar-refractivity contribution in [1.29, 1.82) is 0 Å². The van der Waals surface area contributed by atoms with Crippen LogP contribution < -0.4 is 14.5 Å². The van der Waals surface area contributed by atoms with Crippen LogP contribution in [0.15, 0.2) is 30.3 Å². The van der Waals surface area contributed by atoms with Crippen LogP contribution in [0, 0.1) is 5.82 Å². The van der Waals surface area contributed by atoms with Crippen molar-refractivity contribution in [3.8, 4) is 11.8 Å². The zero-order valence-electron chi connectivity index (χ0n) is 23.7. The number of nitrogens with zero attached hydrogens (tertiary/aromatic N) is 5. The van der Waals surface area contributed by atoms with Crippen molar-refractivity contribution in [1.82, 2.24) is 14.9 Å². The van der Waals surface area contributed by atoms with Gasteiger partial charge in [0.05, 0.1) is 16.8 Å². The Kier molecular flexibility index (Phi) is 6.50. The van der Waals surface area contributed by atoms with E-state index in [1.165, 1.54) is 23.1 Å². The van der Waals surface area contributed by atoms with Crippen LogP contribution in [0.2, 0.25) is 0 Å². The summed E-state index contributed by atoms with van der Waals surface area (Å²) in [5.74, 6) is -0.473. The second-order valence-corrected chi connectivity index (χ2v) is 12.6. The Morgan fingerprint density at radius 3 is 2.81 bits per heavy atom. The van der Waals surface area contributed by atoms with E-state index in [0.29, 0.717) is 55.7 Å². The third kappa shape index (κ3) is 4.63. The molecule has 3 atom stereocenters. The van der Waals surface area contributed by atoms with E-state index < -0.39 is 29.0 Å². The Morgan fingerprint density at radius 1 is 1.14 bits per heavy atom. The van der Waals surface area contributed by atoms with Gasteiger partial charge in [-0.05, 0) is 63.1 Å². The lowest BCUT2D eigenvalue weighted by Crippen LogP contribution is -2.48. The Hall–Kier alpha value is -3.57. The maximum Gasteiger partial charge on any atom is 0.319 e. The fraction of sp³-hybridized carbons (Fsp3) is 0.516. The number of aromatic hydroxyl groups is 1. The van der Waals surface area contributed by atoms with Gasteiger partial charge in [-0.2, -0.15) is 9.97 Å². The van der Waals surface area contributed by atoms with Crippen LogP contribution in [0.1, 0.15) is 55.1 Å². The van der Waals surface area contributed by atoms with E-state index in [4.69, 9.17) is 9.72 Å². The quantitative estimate of drug-likeness (QED) is 0.468. The zero-order valence-corrected chi connectivity index (χ0v) is 23.7. The van der Waals surface area contributed by atoms with Crippen LogP contribution >= 0.6 is 0 Å². The number of carbonyl (C=O) groups excluding carboxylic acids is 1. The molecule has 0 radical (unpaired) electrons. The number of piperidine rings is 1. The van der Waals surface area contributed by atoms with E-state index in [-0.39, 0.29) is 41.7 Å². The first-order valence-corrected chi connectivity index (χ1v) is 14.8. The number of aromatic nitrogens is 2. The van der Waals surface area contributed by atoms with Gasteiger partial charge in [0.2, 0.25) is 0 Å². The standard InChI is InChI=1S/C31H35F2N5O4/c1-30(41)8-3-10-36(17-30)27-22-7-12-38(24-14-21(39)13-19-5-2-6-23(33)25(19)24)28(40)26(22)34-29(35-27)42-18-31-9-4-11-37(31)16-20(32)15-31/h2,5-6,13-14,20,39,41H,3-4,7-12,15-18H2,1H3/t20-,30?,31+/m1/s1. The minimum atomic E-state index is -0.914. The van der Waals surface area contributed by atoms with Crippen LogP contribution in [0.3, 0.4) is 0 Å². The molecule has 3 saturated heterocycles. The van der Waals surface area contributed by atoms with E-state index >= 15 is 4.39 Å². The van der Waals surface area contributed by atoms with Crippen molar-refractivity contribution in [3.63, 3.8) is 0 Å². The van der Waals surface area contributed by atoms with Gasteiger partial charge in [0.25, 0.3) is 5.91 Å². The van der Waals surface area contributed by atoms with Crippen LogP contribution in [-0.4, -0.2) is 87.6 Å². The lowest BCUT2D eigenvalue weighted by atomic mass is 9.94. The number of alkyl halides is 1. The summed E-state index contributed by atoms with van der Waals surface area (Å²) in [6, 6.07) is 7.48. The molecule has 222 valence electrons. The number of carbonyl (C=O) groups is 1. The number of benzene rings is 2. The molecule has 7 rings (SSSR count). The number of halogens is 2. The van der Waals surface area contributed by atoms with Crippen LogP contribution in [0.25, 0.3) is 10.8 Å². The smallest absolute Gasteiger partial charge is 0.319 e. The van der Waals surface area contributed by atoms with E-state index in [1.54, 1.807) is 19.1 Å². The average molecular weight is 580 g/mol. The van der Waals surface area contributed by atoms with Crippen molar-refractivity contribution in [2.24, 2.45) is 0 Å². The maximum atomic E-state index is 15.1. The van der Waals surface area contributed by atoms with Gasteiger partial charge in [-0.15, -0.1) is 0 Å². The molecule has 2 N–H and O–H groups in total. The number of anilines is 2. The number of hydrogen-bond donors (Lipinski definition) is 2. The molecule has 11 heteroatoms. The summed E-state index contributed by atoms with van der Waals surface area (Å²) in [7, 11) is 0. The highest BCUT2D eigenvalue weighted by Crippen LogP contribution is 2.41. The van der Waals surface area contributed by atoms with Gasteiger partial charge in [-0.25, -0.2) is 8.78 Å². The molecule has 1 unspecified atom stereocenters. The largest absolute Gasteiger partial charge is 0.508 e. The molecule has 9 nitrogen and oxygen atoms in total. The lowest BCUT2D eigenvalue weighted by molar-refractivity contribution is 0.0445. The number of phenolic OH excluding ortho intramolecular Hbond substituents is 1. The van der Waals surface area contributed by atoms with Crippen molar-refractivity contribution in [3.05, 3.63) is 47.4 Å². The van der Waals surface area contributed by atoms with E-state index in [0.717, 1.165) is 25.8 Å². The Morgan fingerprint density at radius 2 is 1.98 bits per heavy atom. The summed E-state index contributed by atoms with van der Waals surface area (Å²) < 4.78 is 35.6. The first kappa shape index (κ1) is 27.3. The summed E-state index contributed by atoms with van der Waals surface area (Å²) in [6.45, 7) is 4.45. The fourth-order valence-corrected chi connectivity index (χ4v) is 7.47. The summed E-state index contributed by atoms with van der Waals surface area (Å²) in [5, 5.41) is 22.0. The highest BCUT2D eigenvalue weighted by Gasteiger charge is 2.49. The van der Waals surface area contributed by atoms with Gasteiger partial charge in [0.1, 0.15) is 35.9 Å². The number of β-amino-alcohol motifs (C(OH)–C–C–N with tert-alkyl or cyclic N) is 1. The Bertz CT molecular complexity index is 1570. The van der Waals surface area contributed by atoms with Crippen LogP contribution in [0.5, 0.6) is 11.8 Å². The van der Waals surface area contributed by atoms with Crippen molar-refractivity contribution in [2.45, 2.75) is 62.8 Å². The number of hydrogen-bond acceptors (Lipinski definition) is 8. The van der Waals surface area contributed by atoms with E-state index in [1.807, 2.05) is 4.90 Å². The molecule has 5 heterocycles. The molecule has 1 amide bonds. The van der Waals surface area contributed by atoms with Gasteiger partial charge in [-0.1, -0.05) is 12.1 Å². The molecule has 0 bridgehead atoms. The molecule has 1 aromatic heterocycles. The number of amides is 1. The van der Waals surface area contributed by atoms with Gasteiger partial charge in [-0.3, -0.25) is 9.69 Å². The van der Waals surface area contributed by atoms with Gasteiger partial charge in [0, 0.05) is 49.6 Å². The highest BCUT2D eigenvalue weighted by atomic mass is 19.1. The minimum absolute atomic E-state index is 0.0275. The molecule has 0 spiro atoms. The Balaban J connectivity index is 1.28. The SMILES string of the molecule is CC1(O)CCCN(c2nc(OC[C@@]34CCCN3C[C@H](F)C4)nc3c2CCN(c2cc(O)cc4cccc(F)c24)C3=O)C1. The molecule has 3 fully saturated rings. The first-order valence-electron chi connectivity index (χ1n) is 14.8. The molecular weight excluding hydrogens is 544 g/mol. The van der Waals surface area contributed by atoms with E-state index in [2.05, 4.69) is 9.88 Å². The molecule has 4 aliphatic rings. The molecule has 0 aliphatic carbocycles. The number of ether oxygens (including phenoxy) is 1. The van der Waals surface area contributed by atoms with Gasteiger partial charge in [0.15, 0.2) is 0 Å². The number of aliphatic hydroxyl groups is 1. The highest BCUT2D eigenvalue weighted by molar-refractivity contribution is 6.12. The third-order valence-corrected chi connectivity index (χ3v) is 9.38. The summed E-state index contributed by atoms with van der Waals surface area (Å²) in [6.07, 6.45) is 3.08. The summed E-state index contributed by atoms with van der Waals surface area (Å²) in [5.41, 5.74) is -0.265. The minimum Gasteiger partial charge on any atom is -0.508 e. The van der Waals surface area contributed by atoms with Crippen molar-refractivity contribution >= 4 is 28.2 Å². The number of fused-ring (bicyclic) bond motifs is 3. The maximum absolute atomic E-state index is 15.1. The number of phenols is 1. The second-order valence-electron chi connectivity index (χ2n) is 12.6. The summed E-state index contributed by atoms with van der Waals surface area (Å²) >= 11 is 0. The average Bonchev–Trinajstić information content (AvgIpc) is 3.46. The molecule has 42 heavy (non-hydrogen) atoms. The fourth-order valence-electron chi connectivity index (χ4n) is 7.47. The predicted octanol–water partition coefficient (Wildman–Crippen LogP) is 3.98. The molecule has 3 aromatic rings. The van der Waals surface area contributed by atoms with E-state index in [9.17, 15) is 19.4 Å². The number of rotatable bonds is 5. The van der Waals surface area contributed by atoms with Gasteiger partial charge >= 0.3 is 6.01 Å². The molecule has 0 saturated carbocycles. The van der Waals surface area contributed by atoms with Gasteiger partial charge < -0.3 is 24.7 Å². The van der Waals surface area contributed by atoms with Crippen molar-refractivity contribution in [2.75, 3.05) is 49.1 Å². The van der Waals surface area contributed by atoms with Crippen molar-refractivity contribution < 1.29 is 28.5 Å².